The fourth-order valence-corrected chi connectivity index (χ4v) is 1.97. The fraction of sp³-hybridized carbons (Fsp3) is 0.667. The molecule has 0 aromatic carbocycles. The topological polar surface area (TPSA) is 29.5 Å². The second kappa shape index (κ2) is 2.49. The lowest BCUT2D eigenvalue weighted by Gasteiger charge is -2.37. The van der Waals surface area contributed by atoms with Gasteiger partial charge >= 0.3 is 0 Å². The van der Waals surface area contributed by atoms with Gasteiger partial charge in [-0.25, -0.2) is 0 Å². The minimum Gasteiger partial charge on any atom is -0.368 e. The van der Waals surface area contributed by atoms with Crippen LogP contribution in [-0.2, 0) is 9.53 Å². The Hall–Kier alpha value is -1.01. The first-order chi connectivity index (χ1) is 5.78. The van der Waals surface area contributed by atoms with Crippen LogP contribution in [0.4, 0.5) is 0 Å². The number of amides is 1. The molecule has 1 amide bonds. The summed E-state index contributed by atoms with van der Waals surface area (Å²) in [5.41, 5.74) is -0.407. The average Bonchev–Trinajstić information content (AvgIpc) is 2.50. The van der Waals surface area contributed by atoms with Crippen LogP contribution in [0.5, 0.6) is 0 Å². The highest BCUT2D eigenvalue weighted by Gasteiger charge is 2.45. The van der Waals surface area contributed by atoms with E-state index < -0.39 is 5.54 Å². The van der Waals surface area contributed by atoms with Gasteiger partial charge in [0.1, 0.15) is 12.1 Å². The van der Waals surface area contributed by atoms with Crippen LogP contribution >= 0.6 is 0 Å². The summed E-state index contributed by atoms with van der Waals surface area (Å²) in [4.78, 5) is 13.1. The van der Waals surface area contributed by atoms with Gasteiger partial charge in [0.15, 0.2) is 0 Å². The molecule has 1 unspecified atom stereocenters. The number of hydrogen-bond acceptors (Lipinski definition) is 2. The van der Waals surface area contributed by atoms with E-state index in [4.69, 9.17) is 11.2 Å². The first kappa shape index (κ1) is 7.63. The van der Waals surface area contributed by atoms with Gasteiger partial charge in [0.25, 0.3) is 0 Å². The van der Waals surface area contributed by atoms with Gasteiger partial charge in [-0.2, -0.15) is 0 Å². The van der Waals surface area contributed by atoms with Gasteiger partial charge in [-0.3, -0.25) is 4.79 Å². The Bertz CT molecular complexity index is 256. The number of carbonyl (C=O) groups excluding carboxylic acids is 1. The summed E-state index contributed by atoms with van der Waals surface area (Å²) in [7, 11) is 0. The predicted octanol–water partition coefficient (Wildman–Crippen LogP) is 0.0110. The van der Waals surface area contributed by atoms with Gasteiger partial charge in [0.05, 0.1) is 6.61 Å². The smallest absolute Gasteiger partial charge is 0.249 e. The molecule has 2 fully saturated rings. The van der Waals surface area contributed by atoms with Crippen molar-refractivity contribution in [2.75, 3.05) is 19.8 Å². The predicted molar refractivity (Wildman–Crippen MR) is 43.3 cm³/mol. The van der Waals surface area contributed by atoms with Crippen molar-refractivity contribution in [3.63, 3.8) is 0 Å². The molecule has 0 saturated carbocycles. The van der Waals surface area contributed by atoms with Crippen molar-refractivity contribution in [2.24, 2.45) is 0 Å². The summed E-state index contributed by atoms with van der Waals surface area (Å²) in [5.74, 6) is 2.73. The molecule has 3 nitrogen and oxygen atoms in total. The van der Waals surface area contributed by atoms with Crippen molar-refractivity contribution in [1.29, 1.82) is 0 Å². The Morgan fingerprint density at radius 3 is 3.17 bits per heavy atom. The molecule has 0 aromatic rings. The maximum absolute atomic E-state index is 11.3. The Morgan fingerprint density at radius 1 is 1.67 bits per heavy atom. The summed E-state index contributed by atoms with van der Waals surface area (Å²) in [5, 5.41) is 0. The molecular formula is C9H11NO2. The zero-order chi connectivity index (χ0) is 8.60. The Labute approximate surface area is 71.7 Å². The van der Waals surface area contributed by atoms with Crippen LogP contribution in [0.2, 0.25) is 0 Å². The summed E-state index contributed by atoms with van der Waals surface area (Å²) >= 11 is 0. The molecule has 2 rings (SSSR count). The first-order valence-electron chi connectivity index (χ1n) is 4.14. The zero-order valence-electron chi connectivity index (χ0n) is 6.88. The summed E-state index contributed by atoms with van der Waals surface area (Å²) in [6.45, 7) is 1.51. The van der Waals surface area contributed by atoms with Crippen LogP contribution in [0.25, 0.3) is 0 Å². The molecule has 0 radical (unpaired) electrons. The van der Waals surface area contributed by atoms with Gasteiger partial charge in [0, 0.05) is 6.54 Å². The van der Waals surface area contributed by atoms with E-state index >= 15 is 0 Å². The van der Waals surface area contributed by atoms with Crippen LogP contribution < -0.4 is 0 Å². The van der Waals surface area contributed by atoms with Gasteiger partial charge in [0.2, 0.25) is 5.91 Å². The monoisotopic (exact) mass is 165 g/mol. The van der Waals surface area contributed by atoms with Gasteiger partial charge in [-0.05, 0) is 12.8 Å². The largest absolute Gasteiger partial charge is 0.368 e. The van der Waals surface area contributed by atoms with Crippen molar-refractivity contribution in [1.82, 2.24) is 4.90 Å². The van der Waals surface area contributed by atoms with Crippen LogP contribution in [0.15, 0.2) is 0 Å². The fourth-order valence-electron chi connectivity index (χ4n) is 1.97. The van der Waals surface area contributed by atoms with Gasteiger partial charge in [-0.15, -0.1) is 6.42 Å². The van der Waals surface area contributed by atoms with E-state index in [1.807, 2.05) is 0 Å². The van der Waals surface area contributed by atoms with Crippen LogP contribution in [0.1, 0.15) is 12.8 Å². The van der Waals surface area contributed by atoms with Crippen molar-refractivity contribution < 1.29 is 9.53 Å². The number of carbonyl (C=O) groups is 1. The zero-order valence-corrected chi connectivity index (χ0v) is 6.88. The summed E-state index contributed by atoms with van der Waals surface area (Å²) < 4.78 is 5.16. The van der Waals surface area contributed by atoms with E-state index in [0.717, 1.165) is 19.4 Å². The number of fused-ring (bicyclic) bond motifs is 1. The molecule has 2 aliphatic heterocycles. The third kappa shape index (κ3) is 0.850. The lowest BCUT2D eigenvalue weighted by Crippen LogP contribution is -2.55. The SMILES string of the molecule is C#CC12CCCN1C(=O)COC2. The Balaban J connectivity index is 2.30. The van der Waals surface area contributed by atoms with E-state index in [-0.39, 0.29) is 12.5 Å². The normalized spacial score (nSPS) is 34.6. The van der Waals surface area contributed by atoms with Crippen molar-refractivity contribution in [3.05, 3.63) is 0 Å². The molecule has 0 aromatic heterocycles. The maximum atomic E-state index is 11.3. The highest BCUT2D eigenvalue weighted by Crippen LogP contribution is 2.31. The molecule has 2 saturated heterocycles. The standard InChI is InChI=1S/C9H11NO2/c1-2-9-4-3-5-10(9)8(11)6-12-7-9/h1H,3-7H2. The highest BCUT2D eigenvalue weighted by molar-refractivity contribution is 5.80. The molecule has 1 atom stereocenters. The van der Waals surface area contributed by atoms with Gasteiger partial charge in [-0.1, -0.05) is 5.92 Å². The number of morpholine rings is 1. The minimum absolute atomic E-state index is 0.0386. The first-order valence-corrected chi connectivity index (χ1v) is 4.14. The number of terminal acetylenes is 1. The molecule has 0 bridgehead atoms. The Kier molecular flexibility index (Phi) is 1.59. The number of nitrogens with zero attached hydrogens (tertiary/aromatic N) is 1. The van der Waals surface area contributed by atoms with E-state index in [0.29, 0.717) is 6.61 Å². The number of ether oxygens (including phenoxy) is 1. The molecule has 3 heteroatoms. The summed E-state index contributed by atoms with van der Waals surface area (Å²) in [6, 6.07) is 0. The number of hydrogen-bond donors (Lipinski definition) is 0. The third-order valence-corrected chi connectivity index (χ3v) is 2.62. The van der Waals surface area contributed by atoms with Crippen LogP contribution in [0.3, 0.4) is 0 Å². The van der Waals surface area contributed by atoms with Gasteiger partial charge < -0.3 is 9.64 Å². The Morgan fingerprint density at radius 2 is 2.50 bits per heavy atom. The van der Waals surface area contributed by atoms with E-state index in [1.54, 1.807) is 4.90 Å². The molecular weight excluding hydrogens is 154 g/mol. The quantitative estimate of drug-likeness (QED) is 0.473. The van der Waals surface area contributed by atoms with Crippen LogP contribution in [-0.4, -0.2) is 36.1 Å². The maximum Gasteiger partial charge on any atom is 0.249 e. The minimum atomic E-state index is -0.407. The van der Waals surface area contributed by atoms with Crippen molar-refractivity contribution in [3.8, 4) is 12.3 Å². The molecule has 2 heterocycles. The van der Waals surface area contributed by atoms with E-state index in [1.165, 1.54) is 0 Å². The molecule has 0 aliphatic carbocycles. The number of rotatable bonds is 0. The highest BCUT2D eigenvalue weighted by atomic mass is 16.5. The summed E-state index contributed by atoms with van der Waals surface area (Å²) in [6.07, 6.45) is 7.30. The lowest BCUT2D eigenvalue weighted by atomic mass is 9.97. The second-order valence-electron chi connectivity index (χ2n) is 3.32. The van der Waals surface area contributed by atoms with Crippen molar-refractivity contribution >= 4 is 5.91 Å². The second-order valence-corrected chi connectivity index (χ2v) is 3.32. The molecule has 12 heavy (non-hydrogen) atoms. The van der Waals surface area contributed by atoms with Crippen molar-refractivity contribution in [2.45, 2.75) is 18.4 Å². The average molecular weight is 165 g/mol. The van der Waals surface area contributed by atoms with Crippen LogP contribution in [0, 0.1) is 12.3 Å². The van der Waals surface area contributed by atoms with E-state index in [9.17, 15) is 4.79 Å². The molecule has 2 aliphatic rings. The third-order valence-electron chi connectivity index (χ3n) is 2.62. The molecule has 0 spiro atoms. The molecule has 0 N–H and O–H groups in total. The lowest BCUT2D eigenvalue weighted by molar-refractivity contribution is -0.149. The molecule has 64 valence electrons. The van der Waals surface area contributed by atoms with E-state index in [2.05, 4.69) is 5.92 Å².